The summed E-state index contributed by atoms with van der Waals surface area (Å²) in [6.07, 6.45) is 9.93. The van der Waals surface area contributed by atoms with Crippen LogP contribution < -0.4 is 5.32 Å². The molecule has 0 radical (unpaired) electrons. The Morgan fingerprint density at radius 1 is 0.842 bits per heavy atom. The van der Waals surface area contributed by atoms with Crippen LogP contribution in [0.2, 0.25) is 0 Å². The molecule has 0 spiro atoms. The minimum atomic E-state index is 0.512. The van der Waals surface area contributed by atoms with Gasteiger partial charge in [0, 0.05) is 12.1 Å². The van der Waals surface area contributed by atoms with Crippen molar-refractivity contribution in [2.24, 2.45) is 23.2 Å². The minimum Gasteiger partial charge on any atom is -0.311 e. The monoisotopic (exact) mass is 265 g/mol. The third-order valence-corrected chi connectivity index (χ3v) is 5.83. The van der Waals surface area contributed by atoms with Gasteiger partial charge in [0.25, 0.3) is 0 Å². The highest BCUT2D eigenvalue weighted by molar-refractivity contribution is 4.88. The van der Waals surface area contributed by atoms with Crippen molar-refractivity contribution in [2.45, 2.75) is 91.6 Å². The zero-order valence-electron chi connectivity index (χ0n) is 13.8. The number of hydrogen-bond acceptors (Lipinski definition) is 1. The lowest BCUT2D eigenvalue weighted by molar-refractivity contribution is 0.140. The third-order valence-electron chi connectivity index (χ3n) is 5.83. The van der Waals surface area contributed by atoms with Crippen LogP contribution in [-0.2, 0) is 0 Å². The second-order valence-electron chi connectivity index (χ2n) is 8.58. The second kappa shape index (κ2) is 6.16. The second-order valence-corrected chi connectivity index (χ2v) is 8.58. The average molecular weight is 265 g/mol. The van der Waals surface area contributed by atoms with Crippen LogP contribution >= 0.6 is 0 Å². The quantitative estimate of drug-likeness (QED) is 0.740. The summed E-state index contributed by atoms with van der Waals surface area (Å²) in [5, 5.41) is 4.00. The predicted molar refractivity (Wildman–Crippen MR) is 84.3 cm³/mol. The van der Waals surface area contributed by atoms with E-state index in [1.54, 1.807) is 0 Å². The van der Waals surface area contributed by atoms with Crippen molar-refractivity contribution < 1.29 is 0 Å². The summed E-state index contributed by atoms with van der Waals surface area (Å²) in [5.41, 5.74) is 0.512. The molecular weight excluding hydrogens is 230 g/mol. The molecule has 0 aromatic heterocycles. The van der Waals surface area contributed by atoms with Gasteiger partial charge in [-0.05, 0) is 68.1 Å². The summed E-state index contributed by atoms with van der Waals surface area (Å²) < 4.78 is 0. The predicted octanol–water partition coefficient (Wildman–Crippen LogP) is 5.01. The lowest BCUT2D eigenvalue weighted by Crippen LogP contribution is -2.46. The molecule has 0 heterocycles. The van der Waals surface area contributed by atoms with Crippen LogP contribution in [0.4, 0.5) is 0 Å². The van der Waals surface area contributed by atoms with E-state index >= 15 is 0 Å². The van der Waals surface area contributed by atoms with E-state index in [0.29, 0.717) is 5.41 Å². The normalized spacial score (nSPS) is 41.2. The highest BCUT2D eigenvalue weighted by Crippen LogP contribution is 2.38. The summed E-state index contributed by atoms with van der Waals surface area (Å²) in [6.45, 7) is 12.1. The van der Waals surface area contributed by atoms with Crippen LogP contribution in [0.5, 0.6) is 0 Å². The summed E-state index contributed by atoms with van der Waals surface area (Å²) in [4.78, 5) is 0. The van der Waals surface area contributed by atoms with Gasteiger partial charge in [0.2, 0.25) is 0 Å². The Kier molecular flexibility index (Phi) is 4.98. The van der Waals surface area contributed by atoms with Gasteiger partial charge in [-0.15, -0.1) is 0 Å². The van der Waals surface area contributed by atoms with Crippen molar-refractivity contribution >= 4 is 0 Å². The summed E-state index contributed by atoms with van der Waals surface area (Å²) in [6, 6.07) is 1.60. The molecule has 3 atom stereocenters. The Labute approximate surface area is 120 Å². The average Bonchev–Trinajstić information content (AvgIpc) is 2.32. The van der Waals surface area contributed by atoms with Crippen LogP contribution in [-0.4, -0.2) is 12.1 Å². The lowest BCUT2D eigenvalue weighted by atomic mass is 9.71. The van der Waals surface area contributed by atoms with E-state index in [1.807, 2.05) is 0 Å². The van der Waals surface area contributed by atoms with Crippen LogP contribution in [0.15, 0.2) is 0 Å². The number of rotatable bonds is 2. The highest BCUT2D eigenvalue weighted by atomic mass is 15.0. The first-order valence-corrected chi connectivity index (χ1v) is 8.62. The smallest absolute Gasteiger partial charge is 0.00954 e. The molecule has 0 bridgehead atoms. The van der Waals surface area contributed by atoms with E-state index in [0.717, 1.165) is 29.8 Å². The van der Waals surface area contributed by atoms with Crippen LogP contribution in [0.1, 0.15) is 79.6 Å². The molecule has 2 rings (SSSR count). The van der Waals surface area contributed by atoms with Gasteiger partial charge in [-0.25, -0.2) is 0 Å². The van der Waals surface area contributed by atoms with Crippen molar-refractivity contribution in [1.29, 1.82) is 0 Å². The molecule has 0 aromatic rings. The van der Waals surface area contributed by atoms with E-state index < -0.39 is 0 Å². The van der Waals surface area contributed by atoms with E-state index in [2.05, 4.69) is 39.9 Å². The Balaban J connectivity index is 1.76. The topological polar surface area (TPSA) is 12.0 Å². The molecule has 0 amide bonds. The van der Waals surface area contributed by atoms with Crippen LogP contribution in [0, 0.1) is 23.2 Å². The molecule has 2 aliphatic carbocycles. The van der Waals surface area contributed by atoms with E-state index in [9.17, 15) is 0 Å². The molecule has 2 fully saturated rings. The van der Waals surface area contributed by atoms with E-state index in [-0.39, 0.29) is 0 Å². The maximum Gasteiger partial charge on any atom is 0.00954 e. The molecule has 0 saturated heterocycles. The molecule has 2 aliphatic rings. The van der Waals surface area contributed by atoms with Crippen LogP contribution in [0.25, 0.3) is 0 Å². The van der Waals surface area contributed by atoms with Gasteiger partial charge in [0.15, 0.2) is 0 Å². The molecule has 0 aliphatic heterocycles. The van der Waals surface area contributed by atoms with Crippen molar-refractivity contribution in [3.8, 4) is 0 Å². The molecule has 19 heavy (non-hydrogen) atoms. The van der Waals surface area contributed by atoms with Gasteiger partial charge >= 0.3 is 0 Å². The molecule has 0 aromatic carbocycles. The van der Waals surface area contributed by atoms with Gasteiger partial charge in [0.1, 0.15) is 0 Å². The fourth-order valence-electron chi connectivity index (χ4n) is 4.34. The van der Waals surface area contributed by atoms with Crippen molar-refractivity contribution in [3.63, 3.8) is 0 Å². The Morgan fingerprint density at radius 2 is 1.47 bits per heavy atom. The molecular formula is C18H35N. The van der Waals surface area contributed by atoms with Crippen molar-refractivity contribution in [1.82, 2.24) is 5.32 Å². The fourth-order valence-corrected chi connectivity index (χ4v) is 4.34. The van der Waals surface area contributed by atoms with Gasteiger partial charge in [-0.2, -0.15) is 0 Å². The zero-order chi connectivity index (χ0) is 14.0. The number of hydrogen-bond donors (Lipinski definition) is 1. The zero-order valence-corrected chi connectivity index (χ0v) is 13.8. The van der Waals surface area contributed by atoms with Gasteiger partial charge in [0.05, 0.1) is 0 Å². The summed E-state index contributed by atoms with van der Waals surface area (Å²) in [7, 11) is 0. The van der Waals surface area contributed by atoms with Crippen molar-refractivity contribution in [2.75, 3.05) is 0 Å². The van der Waals surface area contributed by atoms with Gasteiger partial charge in [-0.3, -0.25) is 0 Å². The van der Waals surface area contributed by atoms with Crippen molar-refractivity contribution in [3.05, 3.63) is 0 Å². The SMILES string of the molecule is CC1CCC(NC2CCC(C(C)(C)C)CC2)C(C)C1. The summed E-state index contributed by atoms with van der Waals surface area (Å²) in [5.74, 6) is 2.77. The minimum absolute atomic E-state index is 0.512. The molecule has 3 unspecified atom stereocenters. The first kappa shape index (κ1) is 15.4. The maximum atomic E-state index is 4.00. The Bertz CT molecular complexity index is 270. The highest BCUT2D eigenvalue weighted by Gasteiger charge is 2.32. The Morgan fingerprint density at radius 3 is 2.00 bits per heavy atom. The summed E-state index contributed by atoms with van der Waals surface area (Å²) >= 11 is 0. The van der Waals surface area contributed by atoms with Gasteiger partial charge in [-0.1, -0.05) is 34.6 Å². The molecule has 1 N–H and O–H groups in total. The van der Waals surface area contributed by atoms with E-state index in [4.69, 9.17) is 0 Å². The molecule has 112 valence electrons. The molecule has 1 nitrogen and oxygen atoms in total. The standard InChI is InChI=1S/C18H35N/c1-13-6-11-17(14(2)12-13)19-16-9-7-15(8-10-16)18(3,4)5/h13-17,19H,6-12H2,1-5H3. The first-order valence-electron chi connectivity index (χ1n) is 8.62. The molecule has 2 saturated carbocycles. The van der Waals surface area contributed by atoms with Crippen LogP contribution in [0.3, 0.4) is 0 Å². The third kappa shape index (κ3) is 4.21. The number of nitrogens with one attached hydrogen (secondary N) is 1. The maximum absolute atomic E-state index is 4.00. The van der Waals surface area contributed by atoms with Gasteiger partial charge < -0.3 is 5.32 Å². The lowest BCUT2D eigenvalue weighted by Gasteiger charge is -2.41. The largest absolute Gasteiger partial charge is 0.311 e. The fraction of sp³-hybridized carbons (Fsp3) is 1.00. The molecule has 1 heteroatoms. The van der Waals surface area contributed by atoms with E-state index in [1.165, 1.54) is 44.9 Å². The first-order chi connectivity index (χ1) is 8.86. The Hall–Kier alpha value is -0.0400.